The number of alkyl halides is 1. The maximum atomic E-state index is 11.6. The van der Waals surface area contributed by atoms with Crippen LogP contribution in [0.25, 0.3) is 0 Å². The number of thiophene rings is 1. The van der Waals surface area contributed by atoms with Crippen LogP contribution in [0.5, 0.6) is 0 Å². The molecule has 0 aromatic carbocycles. The lowest BCUT2D eigenvalue weighted by atomic mass is 10.3. The van der Waals surface area contributed by atoms with Gasteiger partial charge in [0.2, 0.25) is 0 Å². The van der Waals surface area contributed by atoms with Gasteiger partial charge in [0.1, 0.15) is 0 Å². The lowest BCUT2D eigenvalue weighted by Crippen LogP contribution is -2.24. The van der Waals surface area contributed by atoms with Gasteiger partial charge in [-0.05, 0) is 36.8 Å². The van der Waals surface area contributed by atoms with E-state index in [-0.39, 0.29) is 5.91 Å². The summed E-state index contributed by atoms with van der Waals surface area (Å²) < 4.78 is 0. The van der Waals surface area contributed by atoms with Crippen LogP contribution in [0.15, 0.2) is 11.4 Å². The second-order valence-electron chi connectivity index (χ2n) is 3.08. The number of hydrogen-bond donors (Lipinski definition) is 1. The van der Waals surface area contributed by atoms with Crippen molar-refractivity contribution in [1.82, 2.24) is 5.32 Å². The fourth-order valence-corrected chi connectivity index (χ4v) is 2.14. The van der Waals surface area contributed by atoms with E-state index < -0.39 is 0 Å². The Hall–Kier alpha value is -0.540. The smallest absolute Gasteiger partial charge is 0.261 e. The molecule has 14 heavy (non-hydrogen) atoms. The summed E-state index contributed by atoms with van der Waals surface area (Å²) >= 11 is 7.01. The average molecular weight is 232 g/mol. The van der Waals surface area contributed by atoms with E-state index in [1.807, 2.05) is 18.4 Å². The SMILES string of the molecule is Cc1ccsc1C(=O)NCCCCCl. The van der Waals surface area contributed by atoms with E-state index in [0.29, 0.717) is 12.4 Å². The molecule has 1 N–H and O–H groups in total. The molecule has 0 spiro atoms. The first kappa shape index (κ1) is 11.5. The number of carbonyl (C=O) groups is 1. The van der Waals surface area contributed by atoms with Crippen LogP contribution in [-0.4, -0.2) is 18.3 Å². The van der Waals surface area contributed by atoms with Gasteiger partial charge in [-0.15, -0.1) is 22.9 Å². The monoisotopic (exact) mass is 231 g/mol. The van der Waals surface area contributed by atoms with Crippen LogP contribution in [0.2, 0.25) is 0 Å². The largest absolute Gasteiger partial charge is 0.351 e. The maximum absolute atomic E-state index is 11.6. The van der Waals surface area contributed by atoms with Crippen molar-refractivity contribution in [3.8, 4) is 0 Å². The molecule has 2 nitrogen and oxygen atoms in total. The summed E-state index contributed by atoms with van der Waals surface area (Å²) in [5, 5.41) is 4.81. The molecule has 0 radical (unpaired) electrons. The highest BCUT2D eigenvalue weighted by atomic mass is 35.5. The predicted molar refractivity (Wildman–Crippen MR) is 61.3 cm³/mol. The third-order valence-corrected chi connectivity index (χ3v) is 3.20. The molecule has 0 atom stereocenters. The normalized spacial score (nSPS) is 10.1. The van der Waals surface area contributed by atoms with Crippen molar-refractivity contribution in [3.63, 3.8) is 0 Å². The lowest BCUT2D eigenvalue weighted by molar-refractivity contribution is 0.0956. The number of carbonyl (C=O) groups excluding carboxylic acids is 1. The van der Waals surface area contributed by atoms with Gasteiger partial charge in [0, 0.05) is 12.4 Å². The first-order valence-electron chi connectivity index (χ1n) is 4.64. The Bertz CT molecular complexity index is 298. The van der Waals surface area contributed by atoms with E-state index in [0.717, 1.165) is 23.3 Å². The molecule has 1 aromatic heterocycles. The molecule has 0 fully saturated rings. The minimum absolute atomic E-state index is 0.0343. The van der Waals surface area contributed by atoms with Crippen molar-refractivity contribution in [2.75, 3.05) is 12.4 Å². The molecule has 1 aromatic rings. The molecular formula is C10H14ClNOS. The molecule has 1 heterocycles. The average Bonchev–Trinajstić information content (AvgIpc) is 2.59. The predicted octanol–water partition coefficient (Wildman–Crippen LogP) is 2.81. The van der Waals surface area contributed by atoms with E-state index in [4.69, 9.17) is 11.6 Å². The molecule has 0 saturated carbocycles. The fraction of sp³-hybridized carbons (Fsp3) is 0.500. The quantitative estimate of drug-likeness (QED) is 0.613. The topological polar surface area (TPSA) is 29.1 Å². The highest BCUT2D eigenvalue weighted by Gasteiger charge is 2.08. The Labute approximate surface area is 93.3 Å². The highest BCUT2D eigenvalue weighted by molar-refractivity contribution is 7.12. The second-order valence-corrected chi connectivity index (χ2v) is 4.38. The Morgan fingerprint density at radius 1 is 1.57 bits per heavy atom. The van der Waals surface area contributed by atoms with Crippen molar-refractivity contribution >= 4 is 28.8 Å². The van der Waals surface area contributed by atoms with Gasteiger partial charge in [0.25, 0.3) is 5.91 Å². The Morgan fingerprint density at radius 3 is 2.93 bits per heavy atom. The second kappa shape index (κ2) is 6.04. The molecule has 0 unspecified atom stereocenters. The first-order valence-corrected chi connectivity index (χ1v) is 6.05. The van der Waals surface area contributed by atoms with E-state index >= 15 is 0 Å². The van der Waals surface area contributed by atoms with Crippen molar-refractivity contribution in [1.29, 1.82) is 0 Å². The van der Waals surface area contributed by atoms with Gasteiger partial charge in [0.05, 0.1) is 4.88 Å². The van der Waals surface area contributed by atoms with E-state index in [1.165, 1.54) is 11.3 Å². The van der Waals surface area contributed by atoms with Gasteiger partial charge >= 0.3 is 0 Å². The molecule has 0 aliphatic heterocycles. The molecule has 0 aliphatic carbocycles. The minimum atomic E-state index is 0.0343. The van der Waals surface area contributed by atoms with Crippen LogP contribution in [0.4, 0.5) is 0 Å². The summed E-state index contributed by atoms with van der Waals surface area (Å²) in [6, 6.07) is 1.96. The lowest BCUT2D eigenvalue weighted by Gasteiger charge is -2.02. The van der Waals surface area contributed by atoms with Crippen LogP contribution in [0.3, 0.4) is 0 Å². The van der Waals surface area contributed by atoms with Gasteiger partial charge in [-0.3, -0.25) is 4.79 Å². The van der Waals surface area contributed by atoms with Crippen LogP contribution in [0, 0.1) is 6.92 Å². The Morgan fingerprint density at radius 2 is 2.36 bits per heavy atom. The van der Waals surface area contributed by atoms with Crippen LogP contribution < -0.4 is 5.32 Å². The summed E-state index contributed by atoms with van der Waals surface area (Å²) in [6.07, 6.45) is 1.89. The van der Waals surface area contributed by atoms with Gasteiger partial charge in [-0.2, -0.15) is 0 Å². The molecule has 78 valence electrons. The zero-order valence-corrected chi connectivity index (χ0v) is 9.75. The summed E-state index contributed by atoms with van der Waals surface area (Å²) in [5.41, 5.74) is 1.05. The Kier molecular flexibility index (Phi) is 4.98. The zero-order valence-electron chi connectivity index (χ0n) is 8.18. The van der Waals surface area contributed by atoms with Gasteiger partial charge < -0.3 is 5.32 Å². The van der Waals surface area contributed by atoms with Crippen molar-refractivity contribution < 1.29 is 4.79 Å². The maximum Gasteiger partial charge on any atom is 0.261 e. The van der Waals surface area contributed by atoms with E-state index in [9.17, 15) is 4.79 Å². The van der Waals surface area contributed by atoms with Gasteiger partial charge in [0.15, 0.2) is 0 Å². The third kappa shape index (κ3) is 3.31. The van der Waals surface area contributed by atoms with Crippen molar-refractivity contribution in [3.05, 3.63) is 21.9 Å². The van der Waals surface area contributed by atoms with Gasteiger partial charge in [-0.25, -0.2) is 0 Å². The molecule has 0 bridgehead atoms. The number of unbranched alkanes of at least 4 members (excludes halogenated alkanes) is 1. The molecular weight excluding hydrogens is 218 g/mol. The fourth-order valence-electron chi connectivity index (χ4n) is 1.11. The Balaban J connectivity index is 2.32. The van der Waals surface area contributed by atoms with E-state index in [1.54, 1.807) is 0 Å². The zero-order chi connectivity index (χ0) is 10.4. The third-order valence-electron chi connectivity index (χ3n) is 1.91. The first-order chi connectivity index (χ1) is 6.75. The van der Waals surface area contributed by atoms with E-state index in [2.05, 4.69) is 5.32 Å². The summed E-state index contributed by atoms with van der Waals surface area (Å²) in [4.78, 5) is 12.4. The highest BCUT2D eigenvalue weighted by Crippen LogP contribution is 2.14. The molecule has 0 aliphatic rings. The number of hydrogen-bond acceptors (Lipinski definition) is 2. The summed E-state index contributed by atoms with van der Waals surface area (Å²) in [5.74, 6) is 0.695. The number of rotatable bonds is 5. The number of nitrogens with one attached hydrogen (secondary N) is 1. The summed E-state index contributed by atoms with van der Waals surface area (Å²) in [6.45, 7) is 2.66. The van der Waals surface area contributed by atoms with Gasteiger partial charge in [-0.1, -0.05) is 0 Å². The number of aryl methyl sites for hydroxylation is 1. The number of halogens is 1. The minimum Gasteiger partial charge on any atom is -0.351 e. The van der Waals surface area contributed by atoms with Crippen molar-refractivity contribution in [2.45, 2.75) is 19.8 Å². The standard InChI is InChI=1S/C10H14ClNOS/c1-8-4-7-14-9(8)10(13)12-6-3-2-5-11/h4,7H,2-3,5-6H2,1H3,(H,12,13). The molecule has 0 saturated heterocycles. The van der Waals surface area contributed by atoms with Crippen LogP contribution in [-0.2, 0) is 0 Å². The number of amides is 1. The van der Waals surface area contributed by atoms with Crippen LogP contribution >= 0.6 is 22.9 Å². The summed E-state index contributed by atoms with van der Waals surface area (Å²) in [7, 11) is 0. The van der Waals surface area contributed by atoms with Crippen molar-refractivity contribution in [2.24, 2.45) is 0 Å². The molecule has 1 amide bonds. The van der Waals surface area contributed by atoms with Crippen LogP contribution in [0.1, 0.15) is 28.1 Å². The molecule has 4 heteroatoms. The molecule has 1 rings (SSSR count).